The third-order valence-corrected chi connectivity index (χ3v) is 7.60. The Morgan fingerprint density at radius 3 is 2.89 bits per heavy atom. The lowest BCUT2D eigenvalue weighted by molar-refractivity contribution is -0.113. The lowest BCUT2D eigenvalue weighted by Gasteiger charge is -2.18. The van der Waals surface area contributed by atoms with Gasteiger partial charge in [0.2, 0.25) is 5.91 Å². The first-order valence-electron chi connectivity index (χ1n) is 11.4. The summed E-state index contributed by atoms with van der Waals surface area (Å²) in [4.78, 5) is 43.1. The van der Waals surface area contributed by atoms with Gasteiger partial charge >= 0.3 is 6.09 Å². The summed E-state index contributed by atoms with van der Waals surface area (Å²) < 4.78 is 21.8. The van der Waals surface area contributed by atoms with Crippen LogP contribution in [0.3, 0.4) is 0 Å². The summed E-state index contributed by atoms with van der Waals surface area (Å²) in [6.07, 6.45) is 0.563. The lowest BCUT2D eigenvalue weighted by Crippen LogP contribution is -2.28. The van der Waals surface area contributed by atoms with E-state index in [0.717, 1.165) is 10.3 Å². The molecule has 6 rings (SSSR count). The van der Waals surface area contributed by atoms with Crippen molar-refractivity contribution < 1.29 is 18.7 Å². The van der Waals surface area contributed by atoms with E-state index < -0.39 is 6.09 Å². The number of ether oxygens (including phenoxy) is 1. The second-order valence-electron chi connectivity index (χ2n) is 8.80. The Hall–Kier alpha value is -3.44. The highest BCUT2D eigenvalue weighted by Gasteiger charge is 2.34. The normalized spacial score (nSPS) is 20.8. The Morgan fingerprint density at radius 1 is 1.14 bits per heavy atom. The highest BCUT2D eigenvalue weighted by molar-refractivity contribution is 8.00. The van der Waals surface area contributed by atoms with Crippen molar-refractivity contribution in [2.75, 3.05) is 29.1 Å². The van der Waals surface area contributed by atoms with Gasteiger partial charge in [-0.15, -0.1) is 11.8 Å². The number of amides is 2. The number of cyclic esters (lactones) is 1. The standard InChI is InChI=1S/C24H22FN5O4S/c25-15-5-3-13-4-8-20(32)30-11-16(21(15)22(13)30)26-9-1-2-14-10-29(24(33)34-14)18-7-6-17-23(27-18)28-19(31)12-35-17/h3-8,14,16,26H,1-2,9-12H2,(H,27,28,31)/t14-,16?/m0/s1. The number of hydrogen-bond acceptors (Lipinski definition) is 7. The van der Waals surface area contributed by atoms with Gasteiger partial charge in [0.15, 0.2) is 0 Å². The Morgan fingerprint density at radius 2 is 2.00 bits per heavy atom. The van der Waals surface area contributed by atoms with Gasteiger partial charge in [0.05, 0.1) is 28.8 Å². The maximum Gasteiger partial charge on any atom is 0.415 e. The number of thioether (sulfide) groups is 1. The van der Waals surface area contributed by atoms with Crippen LogP contribution in [0, 0.1) is 5.82 Å². The van der Waals surface area contributed by atoms with Crippen LogP contribution in [0.4, 0.5) is 20.8 Å². The summed E-state index contributed by atoms with van der Waals surface area (Å²) in [5.74, 6) is 0.812. The minimum Gasteiger partial charge on any atom is -0.444 e. The molecule has 3 aliphatic heterocycles. The molecule has 0 radical (unpaired) electrons. The number of halogens is 1. The molecule has 0 aliphatic carbocycles. The van der Waals surface area contributed by atoms with E-state index in [4.69, 9.17) is 4.74 Å². The Bertz CT molecular complexity index is 1430. The first kappa shape index (κ1) is 22.1. The third kappa shape index (κ3) is 3.94. The van der Waals surface area contributed by atoms with Crippen molar-refractivity contribution in [3.8, 4) is 0 Å². The highest BCUT2D eigenvalue weighted by atomic mass is 32.2. The van der Waals surface area contributed by atoms with Crippen LogP contribution >= 0.6 is 11.8 Å². The summed E-state index contributed by atoms with van der Waals surface area (Å²) in [5, 5.41) is 6.94. The molecule has 1 unspecified atom stereocenters. The number of anilines is 2. The van der Waals surface area contributed by atoms with Gasteiger partial charge in [-0.05, 0) is 55.1 Å². The number of carbonyl (C=O) groups is 2. The number of carbonyl (C=O) groups excluding carboxylic acids is 2. The van der Waals surface area contributed by atoms with Crippen molar-refractivity contribution in [2.24, 2.45) is 0 Å². The predicted molar refractivity (Wildman–Crippen MR) is 129 cm³/mol. The van der Waals surface area contributed by atoms with E-state index in [-0.39, 0.29) is 29.4 Å². The van der Waals surface area contributed by atoms with Crippen LogP contribution in [0.1, 0.15) is 24.4 Å². The van der Waals surface area contributed by atoms with E-state index in [0.29, 0.717) is 60.9 Å². The number of aromatic nitrogens is 2. The summed E-state index contributed by atoms with van der Waals surface area (Å²) in [6, 6.07) is 9.68. The van der Waals surface area contributed by atoms with E-state index in [1.807, 2.05) is 6.07 Å². The fourth-order valence-corrected chi connectivity index (χ4v) is 5.68. The molecule has 11 heteroatoms. The highest BCUT2D eigenvalue weighted by Crippen LogP contribution is 2.34. The molecule has 1 saturated heterocycles. The third-order valence-electron chi connectivity index (χ3n) is 6.55. The van der Waals surface area contributed by atoms with E-state index in [1.165, 1.54) is 28.8 Å². The first-order valence-corrected chi connectivity index (χ1v) is 12.4. The van der Waals surface area contributed by atoms with Crippen molar-refractivity contribution in [3.05, 3.63) is 58.1 Å². The Balaban J connectivity index is 1.06. The van der Waals surface area contributed by atoms with Gasteiger partial charge in [0.1, 0.15) is 23.6 Å². The van der Waals surface area contributed by atoms with E-state index in [9.17, 15) is 18.8 Å². The van der Waals surface area contributed by atoms with Crippen LogP contribution < -0.4 is 21.1 Å². The fourth-order valence-electron chi connectivity index (χ4n) is 4.92. The van der Waals surface area contributed by atoms with Crippen LogP contribution in [0.2, 0.25) is 0 Å². The number of nitrogens with zero attached hydrogens (tertiary/aromatic N) is 3. The molecule has 2 aromatic heterocycles. The van der Waals surface area contributed by atoms with E-state index in [1.54, 1.807) is 22.8 Å². The van der Waals surface area contributed by atoms with Crippen molar-refractivity contribution in [1.29, 1.82) is 0 Å². The molecule has 0 saturated carbocycles. The maximum absolute atomic E-state index is 14.6. The molecular formula is C24H22FN5O4S. The summed E-state index contributed by atoms with van der Waals surface area (Å²) >= 11 is 1.41. The van der Waals surface area contributed by atoms with Crippen LogP contribution in [0.25, 0.3) is 10.9 Å². The Kier molecular flexibility index (Phi) is 5.45. The zero-order valence-electron chi connectivity index (χ0n) is 18.6. The number of hydrogen-bond donors (Lipinski definition) is 2. The molecule has 3 aromatic rings. The molecule has 0 spiro atoms. The second-order valence-corrected chi connectivity index (χ2v) is 9.82. The van der Waals surface area contributed by atoms with Gasteiger partial charge in [0, 0.05) is 18.2 Å². The number of benzene rings is 1. The minimum atomic E-state index is -0.468. The molecule has 1 aromatic carbocycles. The largest absolute Gasteiger partial charge is 0.444 e. The molecule has 2 atom stereocenters. The predicted octanol–water partition coefficient (Wildman–Crippen LogP) is 3.03. The number of fused-ring (bicyclic) bond motifs is 1. The molecule has 3 aliphatic rings. The Labute approximate surface area is 203 Å². The first-order chi connectivity index (χ1) is 17.0. The lowest BCUT2D eigenvalue weighted by atomic mass is 10.1. The van der Waals surface area contributed by atoms with Crippen molar-refractivity contribution in [1.82, 2.24) is 14.9 Å². The summed E-state index contributed by atoms with van der Waals surface area (Å²) in [5.41, 5.74) is 1.05. The zero-order valence-corrected chi connectivity index (χ0v) is 19.4. The van der Waals surface area contributed by atoms with E-state index in [2.05, 4.69) is 15.6 Å². The van der Waals surface area contributed by atoms with Crippen molar-refractivity contribution in [3.63, 3.8) is 0 Å². The summed E-state index contributed by atoms with van der Waals surface area (Å²) in [7, 11) is 0. The molecule has 2 amide bonds. The van der Waals surface area contributed by atoms with Crippen LogP contribution in [0.5, 0.6) is 0 Å². The van der Waals surface area contributed by atoms with Gasteiger partial charge in [-0.2, -0.15) is 0 Å². The molecule has 9 nitrogen and oxygen atoms in total. The van der Waals surface area contributed by atoms with Gasteiger partial charge in [-0.25, -0.2) is 14.2 Å². The van der Waals surface area contributed by atoms with Gasteiger partial charge in [0.25, 0.3) is 5.56 Å². The quantitative estimate of drug-likeness (QED) is 0.507. The summed E-state index contributed by atoms with van der Waals surface area (Å²) in [6.45, 7) is 1.33. The second kappa shape index (κ2) is 8.65. The fraction of sp³-hybridized carbons (Fsp3) is 0.333. The molecule has 0 bridgehead atoms. The molecule has 1 fully saturated rings. The maximum atomic E-state index is 14.6. The topological polar surface area (TPSA) is 106 Å². The van der Waals surface area contributed by atoms with Gasteiger partial charge in [-0.1, -0.05) is 0 Å². The van der Waals surface area contributed by atoms with Crippen LogP contribution in [-0.4, -0.2) is 46.5 Å². The number of rotatable bonds is 6. The van der Waals surface area contributed by atoms with E-state index >= 15 is 0 Å². The van der Waals surface area contributed by atoms with Gasteiger partial charge in [-0.3, -0.25) is 14.5 Å². The smallest absolute Gasteiger partial charge is 0.415 e. The zero-order chi connectivity index (χ0) is 24.1. The van der Waals surface area contributed by atoms with Crippen LogP contribution in [0.15, 0.2) is 46.1 Å². The average Bonchev–Trinajstić information content (AvgIpc) is 3.42. The molecule has 2 N–H and O–H groups in total. The van der Waals surface area contributed by atoms with Gasteiger partial charge < -0.3 is 19.9 Å². The molecule has 35 heavy (non-hydrogen) atoms. The molecular weight excluding hydrogens is 473 g/mol. The SMILES string of the molecule is O=C1CSc2ccc(N3C[C@H](CCCNC4Cn5c(=O)ccc6ccc(F)c4c65)OC3=O)nc2N1. The minimum absolute atomic E-state index is 0.118. The number of pyridine rings is 2. The monoisotopic (exact) mass is 495 g/mol. The van der Waals surface area contributed by atoms with Crippen molar-refractivity contribution >= 4 is 46.3 Å². The molecule has 180 valence electrons. The van der Waals surface area contributed by atoms with Crippen molar-refractivity contribution in [2.45, 2.75) is 36.4 Å². The number of nitrogens with one attached hydrogen (secondary N) is 2. The van der Waals surface area contributed by atoms with Crippen LogP contribution in [-0.2, 0) is 16.1 Å². The molecule has 5 heterocycles. The average molecular weight is 496 g/mol.